The molecule has 0 aliphatic heterocycles. The van der Waals surface area contributed by atoms with Crippen LogP contribution >= 0.6 is 23.2 Å². The number of benzene rings is 1. The largest absolute Gasteiger partial charge is 0.481 e. The predicted octanol–water partition coefficient (Wildman–Crippen LogP) is 6.08. The van der Waals surface area contributed by atoms with E-state index in [9.17, 15) is 9.90 Å². The van der Waals surface area contributed by atoms with Crippen LogP contribution in [-0.2, 0) is 16.1 Å². The Kier molecular flexibility index (Phi) is 4.88. The molecule has 1 unspecified atom stereocenters. The summed E-state index contributed by atoms with van der Waals surface area (Å²) in [5.74, 6) is 0.987. The van der Waals surface area contributed by atoms with Crippen molar-refractivity contribution in [2.24, 2.45) is 11.3 Å². The third-order valence-electron chi connectivity index (χ3n) is 6.98. The highest BCUT2D eigenvalue weighted by molar-refractivity contribution is 6.39. The molecule has 1 aromatic heterocycles. The van der Waals surface area contributed by atoms with Crippen molar-refractivity contribution in [1.82, 2.24) is 5.16 Å². The van der Waals surface area contributed by atoms with E-state index in [4.69, 9.17) is 32.5 Å². The third kappa shape index (κ3) is 3.28. The zero-order valence-electron chi connectivity index (χ0n) is 16.0. The van der Waals surface area contributed by atoms with Gasteiger partial charge in [0.15, 0.2) is 0 Å². The summed E-state index contributed by atoms with van der Waals surface area (Å²) in [4.78, 5) is 12.1. The van der Waals surface area contributed by atoms with Crippen LogP contribution in [0.15, 0.2) is 22.7 Å². The molecule has 4 aliphatic carbocycles. The van der Waals surface area contributed by atoms with Gasteiger partial charge in [0.1, 0.15) is 11.5 Å². The van der Waals surface area contributed by atoms with Crippen molar-refractivity contribution in [3.8, 4) is 11.3 Å². The van der Waals surface area contributed by atoms with Crippen molar-refractivity contribution in [3.63, 3.8) is 0 Å². The molecule has 1 atom stereocenters. The van der Waals surface area contributed by atoms with Gasteiger partial charge in [-0.2, -0.15) is 0 Å². The number of hydrogen-bond donors (Lipinski definition) is 1. The van der Waals surface area contributed by atoms with Crippen molar-refractivity contribution in [1.29, 1.82) is 0 Å². The lowest BCUT2D eigenvalue weighted by Gasteiger charge is -2.48. The Labute approximate surface area is 179 Å². The molecule has 7 heteroatoms. The van der Waals surface area contributed by atoms with E-state index in [1.54, 1.807) is 18.2 Å². The van der Waals surface area contributed by atoms with Gasteiger partial charge in [0.2, 0.25) is 0 Å². The highest BCUT2D eigenvalue weighted by Crippen LogP contribution is 2.52. The van der Waals surface area contributed by atoms with Crippen LogP contribution in [0.3, 0.4) is 0 Å². The summed E-state index contributed by atoms with van der Waals surface area (Å²) in [6.07, 6.45) is 5.98. The quantitative estimate of drug-likeness (QED) is 0.595. The number of ether oxygens (including phenoxy) is 1. The SMILES string of the molecule is O=C(O)C12CCC(CC1)CC2OCc1c(-c2c(Cl)cccc2Cl)noc1C1CC1. The summed E-state index contributed by atoms with van der Waals surface area (Å²) in [6, 6.07) is 5.35. The summed E-state index contributed by atoms with van der Waals surface area (Å²) in [5.41, 5.74) is 1.33. The first-order valence-electron chi connectivity index (χ1n) is 10.3. The minimum Gasteiger partial charge on any atom is -0.481 e. The molecule has 0 radical (unpaired) electrons. The van der Waals surface area contributed by atoms with Crippen molar-refractivity contribution in [2.75, 3.05) is 0 Å². The van der Waals surface area contributed by atoms with Gasteiger partial charge in [-0.1, -0.05) is 34.4 Å². The van der Waals surface area contributed by atoms with Gasteiger partial charge >= 0.3 is 5.97 Å². The second kappa shape index (κ2) is 7.29. The molecule has 2 aromatic rings. The van der Waals surface area contributed by atoms with Crippen LogP contribution in [0.25, 0.3) is 11.3 Å². The van der Waals surface area contributed by atoms with Gasteiger partial charge < -0.3 is 14.4 Å². The second-order valence-corrected chi connectivity index (χ2v) is 9.50. The Balaban J connectivity index is 1.47. The molecule has 154 valence electrons. The molecule has 29 heavy (non-hydrogen) atoms. The monoisotopic (exact) mass is 435 g/mol. The van der Waals surface area contributed by atoms with Crippen LogP contribution < -0.4 is 0 Å². The molecular weight excluding hydrogens is 413 g/mol. The highest BCUT2D eigenvalue weighted by atomic mass is 35.5. The Morgan fingerprint density at radius 3 is 2.52 bits per heavy atom. The lowest BCUT2D eigenvalue weighted by Crippen LogP contribution is -2.51. The summed E-state index contributed by atoms with van der Waals surface area (Å²) >= 11 is 12.8. The number of aromatic nitrogens is 1. The summed E-state index contributed by atoms with van der Waals surface area (Å²) in [6.45, 7) is 0.263. The summed E-state index contributed by atoms with van der Waals surface area (Å²) < 4.78 is 12.0. The number of halogens is 2. The van der Waals surface area contributed by atoms with Crippen LogP contribution in [0.2, 0.25) is 10.0 Å². The average Bonchev–Trinajstić information content (AvgIpc) is 3.48. The number of fused-ring (bicyclic) bond motifs is 3. The van der Waals surface area contributed by atoms with Crippen molar-refractivity contribution in [3.05, 3.63) is 39.6 Å². The van der Waals surface area contributed by atoms with Gasteiger partial charge in [-0.15, -0.1) is 0 Å². The van der Waals surface area contributed by atoms with Crippen molar-refractivity contribution >= 4 is 29.2 Å². The number of rotatable bonds is 6. The number of carbonyl (C=O) groups is 1. The third-order valence-corrected chi connectivity index (χ3v) is 7.61. The number of hydrogen-bond acceptors (Lipinski definition) is 4. The first-order valence-corrected chi connectivity index (χ1v) is 11.0. The van der Waals surface area contributed by atoms with E-state index in [0.717, 1.165) is 43.4 Å². The van der Waals surface area contributed by atoms with Gasteiger partial charge in [0, 0.05) is 17.0 Å². The molecule has 4 saturated carbocycles. The Hall–Kier alpha value is -1.56. The minimum atomic E-state index is -0.770. The highest BCUT2D eigenvalue weighted by Gasteiger charge is 2.53. The molecule has 0 saturated heterocycles. The maximum atomic E-state index is 12.1. The maximum absolute atomic E-state index is 12.1. The predicted molar refractivity (Wildman–Crippen MR) is 109 cm³/mol. The fourth-order valence-electron chi connectivity index (χ4n) is 5.09. The van der Waals surface area contributed by atoms with E-state index < -0.39 is 11.4 Å². The molecule has 4 aliphatic rings. The normalized spacial score (nSPS) is 28.6. The lowest BCUT2D eigenvalue weighted by atomic mass is 9.59. The molecular formula is C22H23Cl2NO4. The van der Waals surface area contributed by atoms with E-state index in [0.29, 0.717) is 46.0 Å². The standard InChI is InChI=1S/C22H23Cl2NO4/c23-15-2-1-3-16(24)18(15)19-14(20(29-25-19)13-4-5-13)11-28-17-10-12-6-8-22(17,9-7-12)21(26)27/h1-3,12-13,17H,4-11H2,(H,26,27). The topological polar surface area (TPSA) is 72.6 Å². The van der Waals surface area contributed by atoms with Crippen LogP contribution in [-0.4, -0.2) is 22.3 Å². The van der Waals surface area contributed by atoms with Crippen LogP contribution in [0.5, 0.6) is 0 Å². The molecule has 5 nitrogen and oxygen atoms in total. The Morgan fingerprint density at radius 1 is 1.21 bits per heavy atom. The fourth-order valence-corrected chi connectivity index (χ4v) is 5.67. The van der Waals surface area contributed by atoms with E-state index in [1.165, 1.54) is 0 Å². The first kappa shape index (κ1) is 19.4. The lowest BCUT2D eigenvalue weighted by molar-refractivity contribution is -0.178. The number of carboxylic acids is 1. The van der Waals surface area contributed by atoms with Crippen LogP contribution in [0.4, 0.5) is 0 Å². The van der Waals surface area contributed by atoms with Crippen molar-refractivity contribution in [2.45, 2.75) is 63.6 Å². The van der Waals surface area contributed by atoms with Gasteiger partial charge in [-0.3, -0.25) is 4.79 Å². The Morgan fingerprint density at radius 2 is 1.90 bits per heavy atom. The zero-order chi connectivity index (χ0) is 20.2. The number of carboxylic acid groups (broad SMARTS) is 1. The molecule has 1 heterocycles. The van der Waals surface area contributed by atoms with Crippen LogP contribution in [0.1, 0.15) is 62.2 Å². The van der Waals surface area contributed by atoms with Gasteiger partial charge in [0.05, 0.1) is 28.2 Å². The van der Waals surface area contributed by atoms with E-state index in [2.05, 4.69) is 5.16 Å². The second-order valence-electron chi connectivity index (χ2n) is 8.68. The maximum Gasteiger partial charge on any atom is 0.312 e. The van der Waals surface area contributed by atoms with E-state index >= 15 is 0 Å². The molecule has 1 aromatic carbocycles. The number of aliphatic carboxylic acids is 1. The van der Waals surface area contributed by atoms with E-state index in [1.807, 2.05) is 0 Å². The van der Waals surface area contributed by atoms with Gasteiger partial charge in [-0.25, -0.2) is 0 Å². The molecule has 2 bridgehead atoms. The molecule has 0 amide bonds. The molecule has 1 N–H and O–H groups in total. The number of nitrogens with zero attached hydrogens (tertiary/aromatic N) is 1. The van der Waals surface area contributed by atoms with Gasteiger partial charge in [-0.05, 0) is 63.0 Å². The smallest absolute Gasteiger partial charge is 0.312 e. The molecule has 4 fully saturated rings. The first-order chi connectivity index (χ1) is 14.0. The zero-order valence-corrected chi connectivity index (χ0v) is 17.5. The van der Waals surface area contributed by atoms with E-state index in [-0.39, 0.29) is 12.7 Å². The Bertz CT molecular complexity index is 924. The summed E-state index contributed by atoms with van der Waals surface area (Å²) in [7, 11) is 0. The average molecular weight is 436 g/mol. The molecule has 6 rings (SSSR count). The van der Waals surface area contributed by atoms with Crippen LogP contribution in [0, 0.1) is 11.3 Å². The molecule has 0 spiro atoms. The van der Waals surface area contributed by atoms with Crippen molar-refractivity contribution < 1.29 is 19.2 Å². The minimum absolute atomic E-state index is 0.263. The summed E-state index contributed by atoms with van der Waals surface area (Å²) in [5, 5.41) is 15.3. The van der Waals surface area contributed by atoms with Gasteiger partial charge in [0.25, 0.3) is 0 Å². The fraction of sp³-hybridized carbons (Fsp3) is 0.545.